The summed E-state index contributed by atoms with van der Waals surface area (Å²) in [5, 5.41) is 0. The van der Waals surface area contributed by atoms with Crippen LogP contribution in [0.25, 0.3) is 0 Å². The molecule has 0 aromatic carbocycles. The molecule has 0 rings (SSSR count). The molecule has 0 aliphatic heterocycles. The van der Waals surface area contributed by atoms with Gasteiger partial charge in [-0.1, -0.05) is 0 Å². The van der Waals surface area contributed by atoms with Crippen LogP contribution in [-0.2, 0) is 14.0 Å². The Bertz CT molecular complexity index is 170. The maximum atomic E-state index is 5.83. The summed E-state index contributed by atoms with van der Waals surface area (Å²) in [5.74, 6) is 0. The van der Waals surface area contributed by atoms with E-state index in [1.165, 1.54) is 0 Å². The van der Waals surface area contributed by atoms with E-state index in [4.69, 9.17) is 14.0 Å². The van der Waals surface area contributed by atoms with Crippen LogP contribution in [0.1, 0.15) is 62.3 Å². The van der Waals surface area contributed by atoms with Crippen molar-refractivity contribution in [2.75, 3.05) is 0 Å². The van der Waals surface area contributed by atoms with Crippen LogP contribution in [0, 0.1) is 0 Å². The van der Waals surface area contributed by atoms with Crippen LogP contribution in [0.2, 0.25) is 0 Å². The maximum Gasteiger partial charge on any atom is 0.365 e. The predicted octanol–water partition coefficient (Wildman–Crippen LogP) is 3.15. The zero-order valence-corrected chi connectivity index (χ0v) is 12.4. The summed E-state index contributed by atoms with van der Waals surface area (Å²) in [6, 6.07) is 0. The fraction of sp³-hybridized carbons (Fsp3) is 1.00. The van der Waals surface area contributed by atoms with Crippen LogP contribution in [0.4, 0.5) is 0 Å². The van der Waals surface area contributed by atoms with Gasteiger partial charge in [-0.15, -0.1) is 0 Å². The summed E-state index contributed by atoms with van der Waals surface area (Å²) >= 11 is 0. The second-order valence-corrected chi connectivity index (χ2v) is 7.12. The van der Waals surface area contributed by atoms with E-state index in [9.17, 15) is 0 Å². The van der Waals surface area contributed by atoms with E-state index < -0.39 is 7.32 Å². The molecule has 0 atom stereocenters. The lowest BCUT2D eigenvalue weighted by molar-refractivity contribution is -0.0503. The van der Waals surface area contributed by atoms with Gasteiger partial charge in [0, 0.05) is 16.8 Å². The van der Waals surface area contributed by atoms with Crippen molar-refractivity contribution in [2.24, 2.45) is 0 Å². The lowest BCUT2D eigenvalue weighted by Crippen LogP contribution is -2.44. The van der Waals surface area contributed by atoms with Crippen molar-refractivity contribution in [1.29, 1.82) is 0 Å². The van der Waals surface area contributed by atoms with Gasteiger partial charge < -0.3 is 14.0 Å². The van der Waals surface area contributed by atoms with Crippen molar-refractivity contribution in [2.45, 2.75) is 79.1 Å². The summed E-state index contributed by atoms with van der Waals surface area (Å²) < 4.78 is 17.5. The van der Waals surface area contributed by atoms with Gasteiger partial charge >= 0.3 is 7.32 Å². The second kappa shape index (κ2) is 5.07. The molecule has 0 aliphatic carbocycles. The molecule has 0 aromatic heterocycles. The molecule has 0 N–H and O–H groups in total. The largest absolute Gasteiger partial charge is 0.543 e. The first-order valence-electron chi connectivity index (χ1n) is 5.98. The third kappa shape index (κ3) is 10.5. The molecule has 0 aliphatic rings. The zero-order valence-electron chi connectivity index (χ0n) is 12.4. The molecule has 0 bridgehead atoms. The lowest BCUT2D eigenvalue weighted by atomic mass is 10.0. The summed E-state index contributed by atoms with van der Waals surface area (Å²) in [6.07, 6.45) is 0. The topological polar surface area (TPSA) is 27.7 Å². The average molecular weight is 231 g/mol. The van der Waals surface area contributed by atoms with Crippen LogP contribution in [0.5, 0.6) is 0 Å². The molecule has 0 saturated carbocycles. The van der Waals surface area contributed by atoms with E-state index >= 15 is 0 Å². The van der Waals surface area contributed by atoms with Gasteiger partial charge in [-0.25, -0.2) is 0 Å². The molecule has 16 heavy (non-hydrogen) atoms. The first kappa shape index (κ1) is 15.9. The van der Waals surface area contributed by atoms with Crippen molar-refractivity contribution in [1.82, 2.24) is 0 Å². The van der Waals surface area contributed by atoms with E-state index in [0.29, 0.717) is 0 Å². The molecule has 0 fully saturated rings. The van der Waals surface area contributed by atoms with Crippen molar-refractivity contribution >= 4 is 7.32 Å². The fourth-order valence-corrected chi connectivity index (χ4v) is 1.15. The van der Waals surface area contributed by atoms with E-state index in [2.05, 4.69) is 0 Å². The predicted molar refractivity (Wildman–Crippen MR) is 69.7 cm³/mol. The van der Waals surface area contributed by atoms with E-state index in [-0.39, 0.29) is 16.8 Å². The fourth-order valence-electron chi connectivity index (χ4n) is 1.15. The first-order valence-corrected chi connectivity index (χ1v) is 5.98. The molecular weight excluding hydrogens is 203 g/mol. The standard InChI is InChI=1S/C12H28BO3/c1-10(2,3)14-13(15-11(4,5)6)16-12(7,8)9/h13H,1-9H3/q-1. The Balaban J connectivity index is 4.53. The van der Waals surface area contributed by atoms with E-state index in [0.717, 1.165) is 0 Å². The highest BCUT2D eigenvalue weighted by Gasteiger charge is 2.23. The third-order valence-corrected chi connectivity index (χ3v) is 1.65. The van der Waals surface area contributed by atoms with Gasteiger partial charge in [0.2, 0.25) is 0 Å². The molecule has 4 heteroatoms. The molecule has 0 radical (unpaired) electrons. The number of hydrogen-bond acceptors (Lipinski definition) is 3. The lowest BCUT2D eigenvalue weighted by Gasteiger charge is -2.44. The smallest absolute Gasteiger partial charge is 0.365 e. The SMILES string of the molecule is CC(C)(C)O[BH-](OC(C)(C)C)OC(C)(C)C. The van der Waals surface area contributed by atoms with Crippen molar-refractivity contribution in [3.05, 3.63) is 0 Å². The van der Waals surface area contributed by atoms with Gasteiger partial charge in [-0.2, -0.15) is 0 Å². The summed E-state index contributed by atoms with van der Waals surface area (Å²) in [5.41, 5.74) is -0.760. The minimum absolute atomic E-state index is 0.253. The second-order valence-electron chi connectivity index (χ2n) is 7.12. The minimum atomic E-state index is -1.52. The van der Waals surface area contributed by atoms with Gasteiger partial charge in [0.25, 0.3) is 0 Å². The van der Waals surface area contributed by atoms with Crippen LogP contribution in [0.15, 0.2) is 0 Å². The highest BCUT2D eigenvalue weighted by molar-refractivity contribution is 6.36. The van der Waals surface area contributed by atoms with Crippen molar-refractivity contribution < 1.29 is 14.0 Å². The average Bonchev–Trinajstić information content (AvgIpc) is 1.70. The Labute approximate surface area is 101 Å². The molecule has 0 saturated heterocycles. The minimum Gasteiger partial charge on any atom is -0.543 e. The number of rotatable bonds is 3. The Morgan fingerprint density at radius 2 is 0.688 bits per heavy atom. The van der Waals surface area contributed by atoms with Gasteiger partial charge in [-0.3, -0.25) is 0 Å². The highest BCUT2D eigenvalue weighted by atomic mass is 16.8. The monoisotopic (exact) mass is 231 g/mol. The molecule has 0 spiro atoms. The number of hydrogen-bond donors (Lipinski definition) is 0. The van der Waals surface area contributed by atoms with Crippen LogP contribution in [-0.4, -0.2) is 24.1 Å². The molecule has 0 unspecified atom stereocenters. The Kier molecular flexibility index (Phi) is 5.05. The summed E-state index contributed by atoms with van der Waals surface area (Å²) in [6.45, 7) is 18.0. The molecule has 3 nitrogen and oxygen atoms in total. The first-order chi connectivity index (χ1) is 6.79. The van der Waals surface area contributed by atoms with Gasteiger partial charge in [0.15, 0.2) is 0 Å². The summed E-state index contributed by atoms with van der Waals surface area (Å²) in [4.78, 5) is 0. The quantitative estimate of drug-likeness (QED) is 0.698. The Morgan fingerprint density at radius 1 is 0.500 bits per heavy atom. The van der Waals surface area contributed by atoms with Gasteiger partial charge in [-0.05, 0) is 62.3 Å². The highest BCUT2D eigenvalue weighted by Crippen LogP contribution is 2.20. The van der Waals surface area contributed by atoms with Crippen molar-refractivity contribution in [3.8, 4) is 0 Å². The normalized spacial score (nSPS) is 14.6. The van der Waals surface area contributed by atoms with E-state index in [1.807, 2.05) is 62.3 Å². The van der Waals surface area contributed by atoms with Crippen LogP contribution < -0.4 is 0 Å². The van der Waals surface area contributed by atoms with Gasteiger partial charge in [0.05, 0.1) is 0 Å². The molecule has 98 valence electrons. The maximum absolute atomic E-state index is 5.83. The van der Waals surface area contributed by atoms with Crippen LogP contribution >= 0.6 is 0 Å². The van der Waals surface area contributed by atoms with Crippen molar-refractivity contribution in [3.63, 3.8) is 0 Å². The van der Waals surface area contributed by atoms with Crippen LogP contribution in [0.3, 0.4) is 0 Å². The van der Waals surface area contributed by atoms with E-state index in [1.54, 1.807) is 0 Å². The Morgan fingerprint density at radius 3 is 0.812 bits per heavy atom. The molecule has 0 aromatic rings. The Hall–Kier alpha value is -0.0551. The summed E-state index contributed by atoms with van der Waals surface area (Å²) in [7, 11) is -1.52. The molecular formula is C12H28BO3-. The zero-order chi connectivity index (χ0) is 13.2. The van der Waals surface area contributed by atoms with Gasteiger partial charge in [0.1, 0.15) is 0 Å². The molecule has 0 amide bonds. The molecule has 0 heterocycles. The third-order valence-electron chi connectivity index (χ3n) is 1.65.